The fourth-order valence-electron chi connectivity index (χ4n) is 3.00. The van der Waals surface area contributed by atoms with Gasteiger partial charge < -0.3 is 5.73 Å². The molecule has 1 aliphatic rings. The summed E-state index contributed by atoms with van der Waals surface area (Å²) < 4.78 is 38.5. The number of hydrogen-bond acceptors (Lipinski definition) is 2. The van der Waals surface area contributed by atoms with Crippen LogP contribution in [0.3, 0.4) is 0 Å². The Morgan fingerprint density at radius 2 is 2.00 bits per heavy atom. The maximum absolute atomic E-state index is 12.8. The lowest BCUT2D eigenvalue weighted by molar-refractivity contribution is -0.137. The van der Waals surface area contributed by atoms with E-state index in [1.807, 2.05) is 0 Å². The first-order valence-electron chi connectivity index (χ1n) is 7.61. The molecule has 2 rings (SSSR count). The molecule has 0 amide bonds. The van der Waals surface area contributed by atoms with Gasteiger partial charge in [0.05, 0.1) is 5.56 Å². The summed E-state index contributed by atoms with van der Waals surface area (Å²) in [5, 5.41) is 0. The predicted octanol–water partition coefficient (Wildman–Crippen LogP) is 4.10. The predicted molar refractivity (Wildman–Crippen MR) is 77.8 cm³/mol. The minimum absolute atomic E-state index is 0.0797. The fourth-order valence-corrected chi connectivity index (χ4v) is 3.00. The summed E-state index contributed by atoms with van der Waals surface area (Å²) in [4.78, 5) is 2.21. The summed E-state index contributed by atoms with van der Waals surface area (Å²) in [6, 6.07) is 3.97. The van der Waals surface area contributed by atoms with Crippen molar-refractivity contribution < 1.29 is 13.2 Å². The molecule has 5 heteroatoms. The van der Waals surface area contributed by atoms with Gasteiger partial charge in [0.2, 0.25) is 0 Å². The molecule has 0 fully saturated rings. The van der Waals surface area contributed by atoms with Crippen molar-refractivity contribution >= 4 is 0 Å². The number of fused-ring (bicyclic) bond motifs is 1. The van der Waals surface area contributed by atoms with Crippen LogP contribution in [-0.2, 0) is 12.7 Å². The summed E-state index contributed by atoms with van der Waals surface area (Å²) in [5.41, 5.74) is 6.96. The van der Waals surface area contributed by atoms with Crippen LogP contribution in [0.15, 0.2) is 18.2 Å². The van der Waals surface area contributed by atoms with Crippen molar-refractivity contribution in [2.75, 3.05) is 13.1 Å². The van der Waals surface area contributed by atoms with Gasteiger partial charge >= 0.3 is 6.18 Å². The Balaban J connectivity index is 2.10. The van der Waals surface area contributed by atoms with Crippen molar-refractivity contribution in [3.05, 3.63) is 34.9 Å². The van der Waals surface area contributed by atoms with Crippen LogP contribution in [0.1, 0.15) is 55.3 Å². The highest BCUT2D eigenvalue weighted by molar-refractivity contribution is 5.39. The lowest BCUT2D eigenvalue weighted by Gasteiger charge is -2.23. The third-order valence-electron chi connectivity index (χ3n) is 4.17. The second-order valence-corrected chi connectivity index (χ2v) is 5.69. The van der Waals surface area contributed by atoms with E-state index in [9.17, 15) is 13.2 Å². The number of alkyl halides is 3. The zero-order chi connectivity index (χ0) is 15.5. The van der Waals surface area contributed by atoms with Crippen LogP contribution >= 0.6 is 0 Å². The quantitative estimate of drug-likeness (QED) is 0.801. The Labute approximate surface area is 124 Å². The van der Waals surface area contributed by atoms with Crippen molar-refractivity contribution in [2.24, 2.45) is 5.73 Å². The van der Waals surface area contributed by atoms with Gasteiger partial charge in [-0.2, -0.15) is 13.2 Å². The first kappa shape index (κ1) is 16.3. The first-order chi connectivity index (χ1) is 9.97. The minimum atomic E-state index is -4.29. The Kier molecular flexibility index (Phi) is 5.27. The summed E-state index contributed by atoms with van der Waals surface area (Å²) >= 11 is 0. The molecular formula is C16H23F3N2. The van der Waals surface area contributed by atoms with Gasteiger partial charge in [0.15, 0.2) is 0 Å². The van der Waals surface area contributed by atoms with E-state index in [2.05, 4.69) is 11.8 Å². The molecule has 0 spiro atoms. The standard InChI is InChI=1S/C16H23F3N2/c1-2-3-4-5-8-21-11-12-6-7-13(16(17,18)19)9-14(12)15(21)10-20/h6-7,9,15H,2-5,8,10-11,20H2,1H3. The van der Waals surface area contributed by atoms with Gasteiger partial charge in [-0.1, -0.05) is 32.3 Å². The van der Waals surface area contributed by atoms with Crippen LogP contribution in [0.5, 0.6) is 0 Å². The summed E-state index contributed by atoms with van der Waals surface area (Å²) in [7, 11) is 0. The molecule has 1 aromatic rings. The highest BCUT2D eigenvalue weighted by Crippen LogP contribution is 2.38. The maximum Gasteiger partial charge on any atom is 0.416 e. The number of nitrogens with two attached hydrogens (primary N) is 1. The molecule has 2 nitrogen and oxygen atoms in total. The van der Waals surface area contributed by atoms with E-state index >= 15 is 0 Å². The molecule has 0 bridgehead atoms. The van der Waals surface area contributed by atoms with Crippen molar-refractivity contribution in [1.29, 1.82) is 0 Å². The monoisotopic (exact) mass is 300 g/mol. The van der Waals surface area contributed by atoms with Crippen LogP contribution in [0.2, 0.25) is 0 Å². The SMILES string of the molecule is CCCCCCN1Cc2ccc(C(F)(F)F)cc2C1CN. The summed E-state index contributed by atoms with van der Waals surface area (Å²) in [6.45, 7) is 4.13. The van der Waals surface area contributed by atoms with Crippen molar-refractivity contribution in [3.63, 3.8) is 0 Å². The third-order valence-corrected chi connectivity index (χ3v) is 4.17. The van der Waals surface area contributed by atoms with E-state index in [0.29, 0.717) is 13.1 Å². The lowest BCUT2D eigenvalue weighted by atomic mass is 10.0. The molecule has 0 saturated carbocycles. The van der Waals surface area contributed by atoms with Crippen molar-refractivity contribution in [1.82, 2.24) is 4.90 Å². The molecule has 1 heterocycles. The van der Waals surface area contributed by atoms with E-state index in [-0.39, 0.29) is 6.04 Å². The normalized spacial score (nSPS) is 19.0. The third kappa shape index (κ3) is 3.77. The molecule has 0 aliphatic carbocycles. The second kappa shape index (κ2) is 6.79. The number of hydrogen-bond donors (Lipinski definition) is 1. The van der Waals surface area contributed by atoms with E-state index in [0.717, 1.165) is 30.5 Å². The Hall–Kier alpha value is -1.07. The topological polar surface area (TPSA) is 29.3 Å². The Morgan fingerprint density at radius 3 is 2.62 bits per heavy atom. The van der Waals surface area contributed by atoms with Gasteiger partial charge in [-0.15, -0.1) is 0 Å². The minimum Gasteiger partial charge on any atom is -0.329 e. The molecule has 0 aromatic heterocycles. The van der Waals surface area contributed by atoms with E-state index < -0.39 is 11.7 Å². The largest absolute Gasteiger partial charge is 0.416 e. The van der Waals surface area contributed by atoms with Crippen molar-refractivity contribution in [2.45, 2.75) is 51.4 Å². The zero-order valence-corrected chi connectivity index (χ0v) is 12.4. The average Bonchev–Trinajstić information content (AvgIpc) is 2.79. The van der Waals surface area contributed by atoms with E-state index in [1.165, 1.54) is 25.0 Å². The highest BCUT2D eigenvalue weighted by atomic mass is 19.4. The lowest BCUT2D eigenvalue weighted by Crippen LogP contribution is -2.28. The molecule has 0 saturated heterocycles. The molecule has 1 aliphatic heterocycles. The molecule has 1 unspecified atom stereocenters. The van der Waals surface area contributed by atoms with Gasteiger partial charge in [-0.05, 0) is 36.2 Å². The number of benzene rings is 1. The van der Waals surface area contributed by atoms with Crippen LogP contribution in [0.25, 0.3) is 0 Å². The molecule has 0 radical (unpaired) electrons. The summed E-state index contributed by atoms with van der Waals surface area (Å²) in [5.74, 6) is 0. The van der Waals surface area contributed by atoms with Gasteiger partial charge in [0, 0.05) is 19.1 Å². The van der Waals surface area contributed by atoms with Crippen LogP contribution in [0.4, 0.5) is 13.2 Å². The molecular weight excluding hydrogens is 277 g/mol. The van der Waals surface area contributed by atoms with Crippen molar-refractivity contribution in [3.8, 4) is 0 Å². The van der Waals surface area contributed by atoms with Gasteiger partial charge in [0.25, 0.3) is 0 Å². The molecule has 1 aromatic carbocycles. The maximum atomic E-state index is 12.8. The molecule has 1 atom stereocenters. The van der Waals surface area contributed by atoms with E-state index in [1.54, 1.807) is 6.07 Å². The Bertz CT molecular complexity index is 471. The number of halogens is 3. The van der Waals surface area contributed by atoms with Gasteiger partial charge in [-0.25, -0.2) is 0 Å². The van der Waals surface area contributed by atoms with Crippen LogP contribution < -0.4 is 5.73 Å². The molecule has 2 N–H and O–H groups in total. The summed E-state index contributed by atoms with van der Waals surface area (Å²) in [6.07, 6.45) is 0.323. The van der Waals surface area contributed by atoms with Gasteiger partial charge in [0.1, 0.15) is 0 Å². The van der Waals surface area contributed by atoms with Crippen LogP contribution in [-0.4, -0.2) is 18.0 Å². The zero-order valence-electron chi connectivity index (χ0n) is 12.4. The smallest absolute Gasteiger partial charge is 0.329 e. The van der Waals surface area contributed by atoms with E-state index in [4.69, 9.17) is 5.73 Å². The molecule has 21 heavy (non-hydrogen) atoms. The highest BCUT2D eigenvalue weighted by Gasteiger charge is 2.35. The number of rotatable bonds is 6. The number of unbranched alkanes of at least 4 members (excludes halogenated alkanes) is 3. The fraction of sp³-hybridized carbons (Fsp3) is 0.625. The first-order valence-corrected chi connectivity index (χ1v) is 7.61. The average molecular weight is 300 g/mol. The number of nitrogens with zero attached hydrogens (tertiary/aromatic N) is 1. The van der Waals surface area contributed by atoms with Crippen LogP contribution in [0, 0.1) is 0 Å². The molecule has 118 valence electrons. The Morgan fingerprint density at radius 1 is 1.24 bits per heavy atom. The second-order valence-electron chi connectivity index (χ2n) is 5.69. The van der Waals surface area contributed by atoms with Gasteiger partial charge in [-0.3, -0.25) is 4.90 Å².